The van der Waals surface area contributed by atoms with Gasteiger partial charge in [0.2, 0.25) is 0 Å². The maximum atomic E-state index is 11.2. The van der Waals surface area contributed by atoms with Gasteiger partial charge in [-0.25, -0.2) is 4.79 Å². The van der Waals surface area contributed by atoms with Crippen molar-refractivity contribution in [3.8, 4) is 17.1 Å². The van der Waals surface area contributed by atoms with E-state index in [1.807, 2.05) is 24.3 Å². The third kappa shape index (κ3) is 1.82. The number of aryl methyl sites for hydroxylation is 1. The number of hydrogen-bond acceptors (Lipinski definition) is 3. The Balaban J connectivity index is 2.20. The molecule has 0 aliphatic carbocycles. The van der Waals surface area contributed by atoms with Gasteiger partial charge in [-0.05, 0) is 24.3 Å². The summed E-state index contributed by atoms with van der Waals surface area (Å²) in [6.45, 7) is 0. The number of methoxy groups -OCH3 is 1. The smallest absolute Gasteiger partial charge is 0.339 e. The highest BCUT2D eigenvalue weighted by atomic mass is 16.5. The lowest BCUT2D eigenvalue weighted by Gasteiger charge is -2.00. The Hall–Kier alpha value is -2.76. The summed E-state index contributed by atoms with van der Waals surface area (Å²) in [5, 5.41) is 14.2. The van der Waals surface area contributed by atoms with Gasteiger partial charge < -0.3 is 14.8 Å². The fourth-order valence-electron chi connectivity index (χ4n) is 2.28. The molecule has 1 aromatic carbocycles. The van der Waals surface area contributed by atoms with Crippen LogP contribution >= 0.6 is 0 Å². The second-order valence-corrected chi connectivity index (χ2v) is 4.47. The lowest BCUT2D eigenvalue weighted by atomic mass is 10.2. The molecule has 0 radical (unpaired) electrons. The van der Waals surface area contributed by atoms with E-state index in [1.165, 1.54) is 6.20 Å². The van der Waals surface area contributed by atoms with Gasteiger partial charge >= 0.3 is 5.97 Å². The maximum absolute atomic E-state index is 11.2. The lowest BCUT2D eigenvalue weighted by Crippen LogP contribution is -2.00. The molecule has 0 amide bonds. The SMILES string of the molecule is COc1ccc2[nH]c(-c3c(C(=O)O)cnn3C)cc2c1. The molecule has 2 N–H and O–H groups in total. The summed E-state index contributed by atoms with van der Waals surface area (Å²) in [4.78, 5) is 14.4. The van der Waals surface area contributed by atoms with Gasteiger partial charge in [0.15, 0.2) is 0 Å². The van der Waals surface area contributed by atoms with Crippen molar-refractivity contribution in [2.75, 3.05) is 7.11 Å². The lowest BCUT2D eigenvalue weighted by molar-refractivity contribution is 0.0697. The molecular formula is C14H13N3O3. The third-order valence-electron chi connectivity index (χ3n) is 3.25. The van der Waals surface area contributed by atoms with E-state index in [2.05, 4.69) is 10.1 Å². The summed E-state index contributed by atoms with van der Waals surface area (Å²) >= 11 is 0. The van der Waals surface area contributed by atoms with Crippen molar-refractivity contribution in [3.63, 3.8) is 0 Å². The highest BCUT2D eigenvalue weighted by Gasteiger charge is 2.18. The molecule has 20 heavy (non-hydrogen) atoms. The van der Waals surface area contributed by atoms with Crippen molar-refractivity contribution in [1.82, 2.24) is 14.8 Å². The van der Waals surface area contributed by atoms with E-state index in [4.69, 9.17) is 4.74 Å². The number of hydrogen-bond donors (Lipinski definition) is 2. The maximum Gasteiger partial charge on any atom is 0.339 e. The van der Waals surface area contributed by atoms with Gasteiger partial charge in [-0.2, -0.15) is 5.10 Å². The standard InChI is InChI=1S/C14H13N3O3/c1-17-13(10(7-15-17)14(18)19)12-6-8-5-9(20-2)3-4-11(8)16-12/h3-7,16H,1-2H3,(H,18,19). The number of nitrogens with zero attached hydrogens (tertiary/aromatic N) is 2. The number of carboxylic acids is 1. The molecule has 2 aromatic heterocycles. The van der Waals surface area contributed by atoms with Crippen LogP contribution in [-0.4, -0.2) is 33.0 Å². The fraction of sp³-hybridized carbons (Fsp3) is 0.143. The van der Waals surface area contributed by atoms with Crippen molar-refractivity contribution >= 4 is 16.9 Å². The van der Waals surface area contributed by atoms with Crippen LogP contribution in [0.5, 0.6) is 5.75 Å². The first-order valence-electron chi connectivity index (χ1n) is 6.02. The van der Waals surface area contributed by atoms with Crippen LogP contribution < -0.4 is 4.74 Å². The highest BCUT2D eigenvalue weighted by Crippen LogP contribution is 2.28. The van der Waals surface area contributed by atoms with Crippen molar-refractivity contribution < 1.29 is 14.6 Å². The summed E-state index contributed by atoms with van der Waals surface area (Å²) in [6.07, 6.45) is 1.35. The highest BCUT2D eigenvalue weighted by molar-refractivity contribution is 5.96. The van der Waals surface area contributed by atoms with Crippen LogP contribution in [0.25, 0.3) is 22.3 Å². The van der Waals surface area contributed by atoms with Crippen molar-refractivity contribution in [3.05, 3.63) is 36.0 Å². The minimum absolute atomic E-state index is 0.172. The number of aromatic carboxylic acids is 1. The first-order valence-corrected chi connectivity index (χ1v) is 6.02. The Kier molecular flexibility index (Phi) is 2.71. The normalized spacial score (nSPS) is 10.9. The van der Waals surface area contributed by atoms with Gasteiger partial charge in [0.1, 0.15) is 11.3 Å². The van der Waals surface area contributed by atoms with Crippen molar-refractivity contribution in [2.24, 2.45) is 7.05 Å². The number of H-pyrrole nitrogens is 1. The molecule has 2 heterocycles. The summed E-state index contributed by atoms with van der Waals surface area (Å²) in [7, 11) is 3.33. The van der Waals surface area contributed by atoms with Crippen LogP contribution in [0.4, 0.5) is 0 Å². The van der Waals surface area contributed by atoms with Crippen molar-refractivity contribution in [1.29, 1.82) is 0 Å². The Morgan fingerprint density at radius 1 is 1.40 bits per heavy atom. The summed E-state index contributed by atoms with van der Waals surface area (Å²) in [5.41, 5.74) is 2.35. The fourth-order valence-corrected chi connectivity index (χ4v) is 2.28. The Morgan fingerprint density at radius 3 is 2.90 bits per heavy atom. The van der Waals surface area contributed by atoms with E-state index in [1.54, 1.807) is 18.8 Å². The minimum atomic E-state index is -0.996. The number of carbonyl (C=O) groups is 1. The Labute approximate surface area is 114 Å². The average molecular weight is 271 g/mol. The monoisotopic (exact) mass is 271 g/mol. The van der Waals surface area contributed by atoms with Crippen LogP contribution in [0.1, 0.15) is 10.4 Å². The van der Waals surface area contributed by atoms with Gasteiger partial charge in [-0.3, -0.25) is 4.68 Å². The molecule has 0 spiro atoms. The van der Waals surface area contributed by atoms with Crippen LogP contribution in [0.2, 0.25) is 0 Å². The quantitative estimate of drug-likeness (QED) is 0.765. The first kappa shape index (κ1) is 12.3. The van der Waals surface area contributed by atoms with Crippen LogP contribution in [0, 0.1) is 0 Å². The van der Waals surface area contributed by atoms with Gasteiger partial charge in [0.25, 0.3) is 0 Å². The zero-order valence-corrected chi connectivity index (χ0v) is 11.0. The predicted octanol–water partition coefficient (Wildman–Crippen LogP) is 2.28. The zero-order chi connectivity index (χ0) is 14.3. The van der Waals surface area contributed by atoms with Gasteiger partial charge in [0.05, 0.1) is 24.7 Å². The average Bonchev–Trinajstić information content (AvgIpc) is 3.00. The number of carboxylic acid groups (broad SMARTS) is 1. The topological polar surface area (TPSA) is 80.1 Å². The molecule has 0 saturated carbocycles. The third-order valence-corrected chi connectivity index (χ3v) is 3.25. The van der Waals surface area contributed by atoms with Crippen LogP contribution in [-0.2, 0) is 7.05 Å². The first-order chi connectivity index (χ1) is 9.60. The molecule has 102 valence electrons. The molecule has 3 rings (SSSR count). The minimum Gasteiger partial charge on any atom is -0.497 e. The van der Waals surface area contributed by atoms with Crippen LogP contribution in [0.3, 0.4) is 0 Å². The Bertz CT molecular complexity index is 801. The molecule has 6 heteroatoms. The molecule has 0 unspecified atom stereocenters. The van der Waals surface area contributed by atoms with Gasteiger partial charge in [-0.15, -0.1) is 0 Å². The number of rotatable bonds is 3. The number of fused-ring (bicyclic) bond motifs is 1. The largest absolute Gasteiger partial charge is 0.497 e. The van der Waals surface area contributed by atoms with E-state index in [0.717, 1.165) is 16.7 Å². The second kappa shape index (κ2) is 4.41. The number of nitrogens with one attached hydrogen (secondary N) is 1. The molecule has 0 fully saturated rings. The molecule has 6 nitrogen and oxygen atoms in total. The van der Waals surface area contributed by atoms with E-state index in [9.17, 15) is 9.90 Å². The molecule has 0 bridgehead atoms. The number of aromatic nitrogens is 3. The Morgan fingerprint density at radius 2 is 2.20 bits per heavy atom. The van der Waals surface area contributed by atoms with Crippen molar-refractivity contribution in [2.45, 2.75) is 0 Å². The molecule has 0 atom stereocenters. The number of benzene rings is 1. The summed E-state index contributed by atoms with van der Waals surface area (Å²) in [6, 6.07) is 7.53. The zero-order valence-electron chi connectivity index (χ0n) is 11.0. The van der Waals surface area contributed by atoms with Gasteiger partial charge in [0, 0.05) is 18.0 Å². The summed E-state index contributed by atoms with van der Waals surface area (Å²) in [5.74, 6) is -0.240. The molecule has 0 aliphatic rings. The summed E-state index contributed by atoms with van der Waals surface area (Å²) < 4.78 is 6.73. The molecule has 3 aromatic rings. The van der Waals surface area contributed by atoms with E-state index in [-0.39, 0.29) is 5.56 Å². The molecular weight excluding hydrogens is 258 g/mol. The van der Waals surface area contributed by atoms with E-state index >= 15 is 0 Å². The van der Waals surface area contributed by atoms with Crippen LogP contribution in [0.15, 0.2) is 30.5 Å². The predicted molar refractivity (Wildman–Crippen MR) is 74.0 cm³/mol. The van der Waals surface area contributed by atoms with E-state index in [0.29, 0.717) is 11.4 Å². The second-order valence-electron chi connectivity index (χ2n) is 4.47. The van der Waals surface area contributed by atoms with E-state index < -0.39 is 5.97 Å². The number of ether oxygens (including phenoxy) is 1. The number of aromatic amines is 1. The molecule has 0 saturated heterocycles. The van der Waals surface area contributed by atoms with Gasteiger partial charge in [-0.1, -0.05) is 0 Å². The molecule has 0 aliphatic heterocycles.